The van der Waals surface area contributed by atoms with Crippen LogP contribution in [0.2, 0.25) is 0 Å². The predicted molar refractivity (Wildman–Crippen MR) is 144 cm³/mol. The number of hydrogen-bond donors (Lipinski definition) is 2. The van der Waals surface area contributed by atoms with Crippen LogP contribution in [0.1, 0.15) is 59.3 Å². The van der Waals surface area contributed by atoms with Crippen molar-refractivity contribution in [2.75, 3.05) is 33.5 Å². The molecule has 1 aliphatic rings. The Balaban J connectivity index is -0.000000667. The number of ether oxygens (including phenoxy) is 3. The summed E-state index contributed by atoms with van der Waals surface area (Å²) in [7, 11) is 1.99. The molecule has 232 valence electrons. The third kappa shape index (κ3) is 23.2. The maximum Gasteiger partial charge on any atom is 1.00 e. The van der Waals surface area contributed by atoms with Gasteiger partial charge in [0, 0.05) is 18.5 Å². The van der Waals surface area contributed by atoms with E-state index in [0.717, 1.165) is 25.7 Å². The van der Waals surface area contributed by atoms with Gasteiger partial charge in [0.2, 0.25) is 17.4 Å². The third-order valence-electron chi connectivity index (χ3n) is 4.89. The molecule has 0 aliphatic heterocycles. The van der Waals surface area contributed by atoms with Crippen molar-refractivity contribution in [3.63, 3.8) is 0 Å². The molecule has 0 bridgehead atoms. The maximum absolute atomic E-state index is 13.3. The monoisotopic (exact) mass is 618 g/mol. The number of benzene rings is 1. The van der Waals surface area contributed by atoms with Crippen LogP contribution in [0.4, 0.5) is 17.6 Å². The van der Waals surface area contributed by atoms with Gasteiger partial charge < -0.3 is 48.8 Å². The van der Waals surface area contributed by atoms with E-state index < -0.39 is 35.0 Å². The molecule has 2 rings (SSSR count). The van der Waals surface area contributed by atoms with Crippen molar-refractivity contribution in [3.8, 4) is 5.75 Å². The first-order chi connectivity index (χ1) is 18.3. The van der Waals surface area contributed by atoms with E-state index in [4.69, 9.17) is 9.47 Å². The number of hydrogen-bond acceptors (Lipinski definition) is 7. The fourth-order valence-corrected chi connectivity index (χ4v) is 3.02. The zero-order chi connectivity index (χ0) is 29.8. The van der Waals surface area contributed by atoms with Gasteiger partial charge in [0.25, 0.3) is 0 Å². The Morgan fingerprint density at radius 2 is 1.46 bits per heavy atom. The smallest absolute Gasteiger partial charge is 0.527 e. The summed E-state index contributed by atoms with van der Waals surface area (Å²) in [6.07, 6.45) is 6.82. The maximum atomic E-state index is 13.3. The molecule has 0 aromatic heterocycles. The molecule has 0 unspecified atom stereocenters. The van der Waals surface area contributed by atoms with Gasteiger partial charge >= 0.3 is 57.4 Å². The van der Waals surface area contributed by atoms with Crippen molar-refractivity contribution >= 4 is 18.7 Å². The average Bonchev–Trinajstić information content (AvgIpc) is 2.87. The summed E-state index contributed by atoms with van der Waals surface area (Å²) in [6.45, 7) is 10.4. The minimum atomic E-state index is -1.79. The molecule has 41 heavy (non-hydrogen) atoms. The molecular formula is C28H43F4KN2O6-2. The Hall–Kier alpha value is -0.934. The summed E-state index contributed by atoms with van der Waals surface area (Å²) in [6, 6.07) is 1.03. The summed E-state index contributed by atoms with van der Waals surface area (Å²) >= 11 is 0. The van der Waals surface area contributed by atoms with E-state index in [1.807, 2.05) is 7.05 Å². The first kappa shape index (κ1) is 44.5. The Labute approximate surface area is 284 Å². The normalized spacial score (nSPS) is 15.8. The van der Waals surface area contributed by atoms with Crippen molar-refractivity contribution in [1.29, 1.82) is 0 Å². The standard InChI is InChI=1S/C14H14F4O5.C8H15N2O.C5H11.CH3.K/c15-9-8-10(16)13(18)14(12(9)17)23-11(20)2-5-22-7-6-21-4-1-3-19;1-9-7-2-4-8(5-3-7)10-6-11;1-5(2,3)4;;/h3,8H,1-2,4-7H2;7-9H,2-5H2,1H3,(H,10,11);1H2,2-4H3;1H3;/q;3*-1;+1. The molecule has 0 radical (unpaired) electrons. The number of esters is 1. The van der Waals surface area contributed by atoms with Gasteiger partial charge in [-0.25, -0.2) is 8.78 Å². The van der Waals surface area contributed by atoms with Crippen LogP contribution in [0.3, 0.4) is 0 Å². The molecule has 0 heterocycles. The van der Waals surface area contributed by atoms with Crippen LogP contribution in [-0.2, 0) is 23.9 Å². The molecule has 13 heteroatoms. The molecule has 0 atom stereocenters. The molecule has 8 nitrogen and oxygen atoms in total. The molecule has 2 N–H and O–H groups in total. The Morgan fingerprint density at radius 1 is 1.00 bits per heavy atom. The fraction of sp³-hybridized carbons (Fsp3) is 0.607. The second kappa shape index (κ2) is 25.6. The number of halogens is 4. The molecule has 1 fully saturated rings. The van der Waals surface area contributed by atoms with Gasteiger partial charge in [-0.2, -0.15) is 20.6 Å². The number of rotatable bonds is 13. The zero-order valence-electron chi connectivity index (χ0n) is 25.0. The van der Waals surface area contributed by atoms with Crippen LogP contribution in [0.5, 0.6) is 5.75 Å². The van der Waals surface area contributed by atoms with Gasteiger partial charge in [0.15, 0.2) is 11.6 Å². The first-order valence-corrected chi connectivity index (χ1v) is 12.6. The number of nitrogens with one attached hydrogen (secondary N) is 2. The molecule has 0 spiro atoms. The van der Waals surface area contributed by atoms with Crippen molar-refractivity contribution in [3.05, 3.63) is 43.7 Å². The van der Waals surface area contributed by atoms with Gasteiger partial charge in [-0.15, -0.1) is 0 Å². The Morgan fingerprint density at radius 3 is 1.90 bits per heavy atom. The van der Waals surface area contributed by atoms with E-state index in [1.165, 1.54) is 0 Å². The number of aldehydes is 1. The van der Waals surface area contributed by atoms with E-state index >= 15 is 0 Å². The van der Waals surface area contributed by atoms with Gasteiger partial charge in [-0.3, -0.25) is 4.79 Å². The van der Waals surface area contributed by atoms with E-state index in [2.05, 4.69) is 43.1 Å². The molecule has 0 saturated heterocycles. The Kier molecular flexibility index (Phi) is 27.7. The van der Waals surface area contributed by atoms with Crippen LogP contribution in [0, 0.1) is 43.0 Å². The molecular weight excluding hydrogens is 575 g/mol. The summed E-state index contributed by atoms with van der Waals surface area (Å²) < 4.78 is 66.6. The minimum Gasteiger partial charge on any atom is -0.527 e. The third-order valence-corrected chi connectivity index (χ3v) is 4.89. The number of carbonyl (C=O) groups excluding carboxylic acids is 3. The number of amides is 1. The van der Waals surface area contributed by atoms with E-state index in [0.29, 0.717) is 18.4 Å². The van der Waals surface area contributed by atoms with E-state index in [9.17, 15) is 31.9 Å². The molecule has 1 aromatic rings. The van der Waals surface area contributed by atoms with Crippen LogP contribution in [-0.4, -0.2) is 64.2 Å². The molecule has 1 aliphatic carbocycles. The predicted octanol–water partition coefficient (Wildman–Crippen LogP) is 1.66. The zero-order valence-corrected chi connectivity index (χ0v) is 28.2. The van der Waals surface area contributed by atoms with E-state index in [1.54, 1.807) is 6.41 Å². The van der Waals surface area contributed by atoms with Crippen molar-refractivity contribution in [2.24, 2.45) is 5.41 Å². The molecule has 1 aromatic carbocycles. The summed E-state index contributed by atoms with van der Waals surface area (Å²) in [5.41, 5.74) is 0.250. The van der Waals surface area contributed by atoms with Crippen LogP contribution in [0.25, 0.3) is 0 Å². The van der Waals surface area contributed by atoms with E-state index in [-0.39, 0.29) is 110 Å². The quantitative estimate of drug-likeness (QED) is 0.0399. The van der Waals surface area contributed by atoms with Gasteiger partial charge in [0.05, 0.1) is 32.8 Å². The van der Waals surface area contributed by atoms with Gasteiger partial charge in [-0.1, -0.05) is 20.8 Å². The summed E-state index contributed by atoms with van der Waals surface area (Å²) in [5, 5.41) is 5.94. The number of carbonyl (C=O) groups is 2. The largest absolute Gasteiger partial charge is 1.00 e. The average molecular weight is 619 g/mol. The van der Waals surface area contributed by atoms with Crippen molar-refractivity contribution in [1.82, 2.24) is 10.6 Å². The molecule has 1 saturated carbocycles. The topological polar surface area (TPSA) is 103 Å². The van der Waals surface area contributed by atoms with Gasteiger partial charge in [0.1, 0.15) is 6.29 Å². The second-order valence-corrected chi connectivity index (χ2v) is 9.85. The Bertz CT molecular complexity index is 835. The second-order valence-electron chi connectivity index (χ2n) is 9.85. The SMILES string of the molecule is CNC1CCC(N[C-]=O)CC1.O=CCCOCCOCCC(=O)Oc1c(F)c(F)cc(F)c1F.[CH2-]C(C)(C)C.[CH3-].[K+]. The fourth-order valence-electron chi connectivity index (χ4n) is 3.02. The molecule has 1 amide bonds. The van der Waals surface area contributed by atoms with Crippen LogP contribution in [0.15, 0.2) is 6.07 Å². The van der Waals surface area contributed by atoms with Crippen molar-refractivity contribution in [2.45, 2.75) is 71.4 Å². The summed E-state index contributed by atoms with van der Waals surface area (Å²) in [4.78, 5) is 31.3. The van der Waals surface area contributed by atoms with Crippen molar-refractivity contribution < 1.29 is 97.5 Å². The van der Waals surface area contributed by atoms with Gasteiger partial charge in [-0.05, 0) is 38.8 Å². The summed E-state index contributed by atoms with van der Waals surface area (Å²) in [5.74, 6) is -9.46. The van der Waals surface area contributed by atoms with Crippen LogP contribution < -0.4 is 66.8 Å². The minimum absolute atomic E-state index is 0. The van der Waals surface area contributed by atoms with Crippen LogP contribution >= 0.6 is 0 Å². The first-order valence-electron chi connectivity index (χ1n) is 12.6.